The van der Waals surface area contributed by atoms with Gasteiger partial charge >= 0.3 is 5.97 Å². The Morgan fingerprint density at radius 3 is 2.57 bits per heavy atom. The molecule has 1 heterocycles. The quantitative estimate of drug-likeness (QED) is 0.879. The monoisotopic (exact) mass is 291 g/mol. The standard InChI is InChI=1S/C16H21NO4/c1-16(15(20)21,12-6-3-2-4-7-12)10-14(19)17-9-5-8-13(18)11-17/h2-4,6-7,13,18H,5,8-11H2,1H3,(H,20,21)/t13-,16?/m0/s1. The van der Waals surface area contributed by atoms with Crippen LogP contribution in [0.3, 0.4) is 0 Å². The van der Waals surface area contributed by atoms with Gasteiger partial charge in [-0.15, -0.1) is 0 Å². The number of aliphatic hydroxyl groups excluding tert-OH is 1. The average molecular weight is 291 g/mol. The highest BCUT2D eigenvalue weighted by Gasteiger charge is 2.39. The third kappa shape index (κ3) is 3.42. The third-order valence-corrected chi connectivity index (χ3v) is 4.14. The Morgan fingerprint density at radius 2 is 2.00 bits per heavy atom. The zero-order chi connectivity index (χ0) is 15.5. The van der Waals surface area contributed by atoms with E-state index in [2.05, 4.69) is 0 Å². The highest BCUT2D eigenvalue weighted by Crippen LogP contribution is 2.29. The number of carbonyl (C=O) groups is 2. The smallest absolute Gasteiger partial charge is 0.314 e. The minimum atomic E-state index is -1.25. The Bertz CT molecular complexity index is 516. The number of aliphatic hydroxyl groups is 1. The Labute approximate surface area is 124 Å². The van der Waals surface area contributed by atoms with Crippen LogP contribution >= 0.6 is 0 Å². The fraction of sp³-hybridized carbons (Fsp3) is 0.500. The second-order valence-corrected chi connectivity index (χ2v) is 5.82. The van der Waals surface area contributed by atoms with E-state index < -0.39 is 17.5 Å². The summed E-state index contributed by atoms with van der Waals surface area (Å²) in [6, 6.07) is 8.81. The molecule has 2 rings (SSSR count). The van der Waals surface area contributed by atoms with Crippen LogP contribution in [-0.4, -0.2) is 46.2 Å². The van der Waals surface area contributed by atoms with Gasteiger partial charge in [-0.3, -0.25) is 9.59 Å². The molecule has 1 unspecified atom stereocenters. The van der Waals surface area contributed by atoms with Crippen LogP contribution in [0.1, 0.15) is 31.7 Å². The maximum Gasteiger partial charge on any atom is 0.314 e. The second kappa shape index (κ2) is 6.26. The molecule has 2 atom stereocenters. The number of carbonyl (C=O) groups excluding carboxylic acids is 1. The molecule has 0 aromatic heterocycles. The number of likely N-dealkylation sites (tertiary alicyclic amines) is 1. The molecule has 0 bridgehead atoms. The van der Waals surface area contributed by atoms with Crippen LogP contribution in [0.15, 0.2) is 30.3 Å². The van der Waals surface area contributed by atoms with E-state index in [1.165, 1.54) is 0 Å². The molecule has 114 valence electrons. The minimum Gasteiger partial charge on any atom is -0.481 e. The number of benzene rings is 1. The predicted molar refractivity (Wildman–Crippen MR) is 77.9 cm³/mol. The van der Waals surface area contributed by atoms with Crippen molar-refractivity contribution >= 4 is 11.9 Å². The van der Waals surface area contributed by atoms with E-state index in [-0.39, 0.29) is 12.3 Å². The van der Waals surface area contributed by atoms with Gasteiger partial charge in [-0.1, -0.05) is 30.3 Å². The SMILES string of the molecule is CC(CC(=O)N1CCC[C@H](O)C1)(C(=O)O)c1ccccc1. The van der Waals surface area contributed by atoms with E-state index in [4.69, 9.17) is 0 Å². The molecule has 0 aliphatic carbocycles. The van der Waals surface area contributed by atoms with Gasteiger partial charge in [-0.2, -0.15) is 0 Å². The van der Waals surface area contributed by atoms with Gasteiger partial charge in [0.25, 0.3) is 0 Å². The van der Waals surface area contributed by atoms with Crippen LogP contribution in [0.25, 0.3) is 0 Å². The molecule has 0 radical (unpaired) electrons. The summed E-state index contributed by atoms with van der Waals surface area (Å²) >= 11 is 0. The van der Waals surface area contributed by atoms with Crippen LogP contribution in [0.5, 0.6) is 0 Å². The summed E-state index contributed by atoms with van der Waals surface area (Å²) in [5.74, 6) is -1.23. The van der Waals surface area contributed by atoms with Crippen LogP contribution < -0.4 is 0 Å². The Balaban J connectivity index is 2.17. The van der Waals surface area contributed by atoms with Crippen LogP contribution in [0, 0.1) is 0 Å². The van der Waals surface area contributed by atoms with Crippen molar-refractivity contribution in [3.8, 4) is 0 Å². The lowest BCUT2D eigenvalue weighted by Gasteiger charge is -2.33. The average Bonchev–Trinajstić information content (AvgIpc) is 2.47. The summed E-state index contributed by atoms with van der Waals surface area (Å²) in [4.78, 5) is 25.6. The lowest BCUT2D eigenvalue weighted by Crippen LogP contribution is -2.46. The number of β-amino-alcohol motifs (C(OH)–C–C–N with tert-alkyl or cyclic N) is 1. The number of carboxylic acids is 1. The number of piperidine rings is 1. The first-order valence-electron chi connectivity index (χ1n) is 7.18. The van der Waals surface area contributed by atoms with Gasteiger partial charge in [0.05, 0.1) is 11.5 Å². The fourth-order valence-electron chi connectivity index (χ4n) is 2.70. The molecule has 1 aliphatic rings. The molecular formula is C16H21NO4. The normalized spacial score (nSPS) is 21.6. The molecule has 5 nitrogen and oxygen atoms in total. The molecule has 0 saturated carbocycles. The van der Waals surface area contributed by atoms with Gasteiger partial charge in [0.1, 0.15) is 0 Å². The molecule has 21 heavy (non-hydrogen) atoms. The number of rotatable bonds is 4. The molecule has 1 aromatic carbocycles. The molecular weight excluding hydrogens is 270 g/mol. The van der Waals surface area contributed by atoms with E-state index in [1.807, 2.05) is 6.07 Å². The van der Waals surface area contributed by atoms with Gasteiger partial charge in [0, 0.05) is 19.5 Å². The zero-order valence-electron chi connectivity index (χ0n) is 12.2. The number of carboxylic acid groups (broad SMARTS) is 1. The van der Waals surface area contributed by atoms with Crippen molar-refractivity contribution in [2.75, 3.05) is 13.1 Å². The molecule has 1 saturated heterocycles. The summed E-state index contributed by atoms with van der Waals surface area (Å²) in [5.41, 5.74) is -0.635. The first kappa shape index (κ1) is 15.5. The van der Waals surface area contributed by atoms with Gasteiger partial charge in [-0.05, 0) is 25.3 Å². The first-order valence-corrected chi connectivity index (χ1v) is 7.18. The fourth-order valence-corrected chi connectivity index (χ4v) is 2.70. The van der Waals surface area contributed by atoms with Crippen molar-refractivity contribution < 1.29 is 19.8 Å². The van der Waals surface area contributed by atoms with Crippen molar-refractivity contribution in [3.63, 3.8) is 0 Å². The summed E-state index contributed by atoms with van der Waals surface area (Å²) < 4.78 is 0. The summed E-state index contributed by atoms with van der Waals surface area (Å²) in [5, 5.41) is 19.2. The number of aliphatic carboxylic acids is 1. The van der Waals surface area contributed by atoms with Crippen LogP contribution in [-0.2, 0) is 15.0 Å². The Hall–Kier alpha value is -1.88. The summed E-state index contributed by atoms with van der Waals surface area (Å²) in [6.45, 7) is 2.45. The third-order valence-electron chi connectivity index (χ3n) is 4.14. The van der Waals surface area contributed by atoms with Gasteiger partial charge < -0.3 is 15.1 Å². The van der Waals surface area contributed by atoms with Crippen LogP contribution in [0.2, 0.25) is 0 Å². The molecule has 1 fully saturated rings. The van der Waals surface area contributed by atoms with E-state index in [1.54, 1.807) is 36.1 Å². The maximum atomic E-state index is 12.4. The number of amides is 1. The molecule has 0 spiro atoms. The van der Waals surface area contributed by atoms with Crippen molar-refractivity contribution in [2.24, 2.45) is 0 Å². The topological polar surface area (TPSA) is 77.8 Å². The van der Waals surface area contributed by atoms with Gasteiger partial charge in [0.2, 0.25) is 5.91 Å². The minimum absolute atomic E-state index is 0.0981. The number of hydrogen-bond acceptors (Lipinski definition) is 3. The summed E-state index contributed by atoms with van der Waals surface area (Å²) in [6.07, 6.45) is 0.843. The molecule has 1 aliphatic heterocycles. The second-order valence-electron chi connectivity index (χ2n) is 5.82. The number of hydrogen-bond donors (Lipinski definition) is 2. The van der Waals surface area contributed by atoms with Gasteiger partial charge in [0.15, 0.2) is 0 Å². The summed E-state index contributed by atoms with van der Waals surface area (Å²) in [7, 11) is 0. The van der Waals surface area contributed by atoms with Gasteiger partial charge in [-0.25, -0.2) is 0 Å². The largest absolute Gasteiger partial charge is 0.481 e. The van der Waals surface area contributed by atoms with Crippen molar-refractivity contribution in [1.29, 1.82) is 0 Å². The molecule has 1 aromatic rings. The predicted octanol–water partition coefficient (Wildman–Crippen LogP) is 1.40. The highest BCUT2D eigenvalue weighted by atomic mass is 16.4. The zero-order valence-corrected chi connectivity index (χ0v) is 12.2. The van der Waals surface area contributed by atoms with E-state index in [9.17, 15) is 19.8 Å². The maximum absolute atomic E-state index is 12.4. The van der Waals surface area contributed by atoms with E-state index in [0.717, 1.165) is 6.42 Å². The van der Waals surface area contributed by atoms with Crippen molar-refractivity contribution in [3.05, 3.63) is 35.9 Å². The van der Waals surface area contributed by atoms with Crippen LogP contribution in [0.4, 0.5) is 0 Å². The highest BCUT2D eigenvalue weighted by molar-refractivity contribution is 5.89. The lowest BCUT2D eigenvalue weighted by molar-refractivity contribution is -0.148. The van der Waals surface area contributed by atoms with E-state index in [0.29, 0.717) is 25.1 Å². The Morgan fingerprint density at radius 1 is 1.33 bits per heavy atom. The lowest BCUT2D eigenvalue weighted by atomic mass is 9.79. The number of nitrogens with zero attached hydrogens (tertiary/aromatic N) is 1. The van der Waals surface area contributed by atoms with E-state index >= 15 is 0 Å². The van der Waals surface area contributed by atoms with Crippen molar-refractivity contribution in [2.45, 2.75) is 37.7 Å². The first-order chi connectivity index (χ1) is 9.93. The molecule has 2 N–H and O–H groups in total. The van der Waals surface area contributed by atoms with Crippen molar-refractivity contribution in [1.82, 2.24) is 4.90 Å². The Kier molecular flexibility index (Phi) is 4.63. The molecule has 5 heteroatoms. The molecule has 1 amide bonds.